The molecule has 0 saturated carbocycles. The molecule has 2 rings (SSSR count). The summed E-state index contributed by atoms with van der Waals surface area (Å²) in [5.74, 6) is -0.986. The molecule has 0 aromatic heterocycles. The van der Waals surface area contributed by atoms with Crippen molar-refractivity contribution in [3.05, 3.63) is 29.0 Å². The lowest BCUT2D eigenvalue weighted by molar-refractivity contribution is -0.117. The zero-order chi connectivity index (χ0) is 13.5. The first-order valence-electron chi connectivity index (χ1n) is 4.98. The molecule has 1 atom stereocenters. The van der Waals surface area contributed by atoms with E-state index < -0.39 is 20.1 Å². The number of benzene rings is 1. The van der Waals surface area contributed by atoms with Crippen LogP contribution in [0.5, 0.6) is 0 Å². The van der Waals surface area contributed by atoms with Gasteiger partial charge in [-0.15, -0.1) is 0 Å². The van der Waals surface area contributed by atoms with Gasteiger partial charge in [0.05, 0.1) is 5.02 Å². The molecule has 0 N–H and O–H groups in total. The maximum absolute atomic E-state index is 13.0. The molecule has 1 amide bonds. The van der Waals surface area contributed by atoms with Crippen LogP contribution in [0.3, 0.4) is 0 Å². The molecule has 0 radical (unpaired) electrons. The standard InChI is InChI=1S/C10H8Cl2FNO3S/c11-8-3-6(1-2-9(8)13)14-5-7(4-10(14)15)18(12,16)17/h1-3,7H,4-5H2. The van der Waals surface area contributed by atoms with Gasteiger partial charge in [0, 0.05) is 29.3 Å². The maximum atomic E-state index is 13.0. The second-order valence-electron chi connectivity index (χ2n) is 3.90. The van der Waals surface area contributed by atoms with E-state index in [1.807, 2.05) is 0 Å². The van der Waals surface area contributed by atoms with Gasteiger partial charge in [-0.1, -0.05) is 11.6 Å². The van der Waals surface area contributed by atoms with E-state index in [1.54, 1.807) is 0 Å². The van der Waals surface area contributed by atoms with Crippen LogP contribution in [-0.4, -0.2) is 26.1 Å². The van der Waals surface area contributed by atoms with Gasteiger partial charge in [0.15, 0.2) is 0 Å². The van der Waals surface area contributed by atoms with E-state index in [2.05, 4.69) is 0 Å². The van der Waals surface area contributed by atoms with E-state index in [-0.39, 0.29) is 23.9 Å². The van der Waals surface area contributed by atoms with Gasteiger partial charge in [0.25, 0.3) is 0 Å². The molecule has 8 heteroatoms. The Hall–Kier alpha value is -0.850. The Morgan fingerprint density at radius 1 is 1.39 bits per heavy atom. The van der Waals surface area contributed by atoms with Crippen LogP contribution in [0.15, 0.2) is 18.2 Å². The Balaban J connectivity index is 2.30. The fourth-order valence-electron chi connectivity index (χ4n) is 1.77. The lowest BCUT2D eigenvalue weighted by Crippen LogP contribution is -2.26. The number of carbonyl (C=O) groups is 1. The Morgan fingerprint density at radius 2 is 2.06 bits per heavy atom. The molecule has 98 valence electrons. The summed E-state index contributed by atoms with van der Waals surface area (Å²) in [5.41, 5.74) is 0.356. The van der Waals surface area contributed by atoms with Crippen LogP contribution in [0, 0.1) is 5.82 Å². The number of carbonyl (C=O) groups excluding carboxylic acids is 1. The minimum atomic E-state index is -3.79. The smallest absolute Gasteiger partial charge is 0.237 e. The number of nitrogens with zero attached hydrogens (tertiary/aromatic N) is 1. The summed E-state index contributed by atoms with van der Waals surface area (Å²) in [6, 6.07) is 3.76. The second-order valence-corrected chi connectivity index (χ2v) is 7.22. The third kappa shape index (κ3) is 2.60. The summed E-state index contributed by atoms with van der Waals surface area (Å²) >= 11 is 5.61. The first kappa shape index (κ1) is 13.6. The number of rotatable bonds is 2. The predicted octanol–water partition coefficient (Wildman–Crippen LogP) is 2.15. The minimum absolute atomic E-state index is 0.0490. The van der Waals surface area contributed by atoms with E-state index >= 15 is 0 Å². The Bertz CT molecular complexity index is 605. The Kier molecular flexibility index (Phi) is 3.53. The van der Waals surface area contributed by atoms with Crippen LogP contribution in [0.4, 0.5) is 10.1 Å². The van der Waals surface area contributed by atoms with E-state index in [9.17, 15) is 17.6 Å². The lowest BCUT2D eigenvalue weighted by Gasteiger charge is -2.16. The second kappa shape index (κ2) is 4.68. The van der Waals surface area contributed by atoms with Crippen molar-refractivity contribution in [3.63, 3.8) is 0 Å². The number of hydrogen-bond donors (Lipinski definition) is 0. The Morgan fingerprint density at radius 3 is 2.56 bits per heavy atom. The molecule has 1 saturated heterocycles. The fraction of sp³-hybridized carbons (Fsp3) is 0.300. The predicted molar refractivity (Wildman–Crippen MR) is 66.9 cm³/mol. The van der Waals surface area contributed by atoms with Crippen molar-refractivity contribution in [1.82, 2.24) is 0 Å². The zero-order valence-electron chi connectivity index (χ0n) is 8.94. The molecule has 4 nitrogen and oxygen atoms in total. The first-order valence-corrected chi connectivity index (χ1v) is 7.73. The lowest BCUT2D eigenvalue weighted by atomic mass is 10.3. The van der Waals surface area contributed by atoms with Gasteiger partial charge in [-0.25, -0.2) is 12.8 Å². The van der Waals surface area contributed by atoms with Crippen molar-refractivity contribution in [2.75, 3.05) is 11.4 Å². The van der Waals surface area contributed by atoms with Crippen LogP contribution >= 0.6 is 22.3 Å². The highest BCUT2D eigenvalue weighted by atomic mass is 35.7. The Labute approximate surface area is 113 Å². The van der Waals surface area contributed by atoms with E-state index in [4.69, 9.17) is 22.3 Å². The topological polar surface area (TPSA) is 54.5 Å². The molecule has 1 aliphatic heterocycles. The number of amides is 1. The van der Waals surface area contributed by atoms with E-state index in [0.29, 0.717) is 5.69 Å². The number of anilines is 1. The van der Waals surface area contributed by atoms with Crippen molar-refractivity contribution in [2.24, 2.45) is 0 Å². The number of hydrogen-bond acceptors (Lipinski definition) is 3. The van der Waals surface area contributed by atoms with Crippen LogP contribution < -0.4 is 4.90 Å². The van der Waals surface area contributed by atoms with E-state index in [1.165, 1.54) is 17.0 Å². The monoisotopic (exact) mass is 311 g/mol. The largest absolute Gasteiger partial charge is 0.311 e. The van der Waals surface area contributed by atoms with Crippen molar-refractivity contribution >= 4 is 42.9 Å². The van der Waals surface area contributed by atoms with Crippen LogP contribution in [0.2, 0.25) is 5.02 Å². The van der Waals surface area contributed by atoms with Crippen molar-refractivity contribution < 1.29 is 17.6 Å². The molecule has 1 aromatic carbocycles. The highest BCUT2D eigenvalue weighted by Gasteiger charge is 2.38. The third-order valence-electron chi connectivity index (χ3n) is 2.70. The number of halogens is 3. The van der Waals surface area contributed by atoms with Gasteiger partial charge in [-0.2, -0.15) is 0 Å². The fourth-order valence-corrected chi connectivity index (χ4v) is 2.97. The SMILES string of the molecule is O=C1CC(S(=O)(=O)Cl)CN1c1ccc(F)c(Cl)c1. The molecule has 1 fully saturated rings. The summed E-state index contributed by atoms with van der Waals surface area (Å²) in [7, 11) is 1.43. The van der Waals surface area contributed by atoms with Gasteiger partial charge < -0.3 is 4.90 Å². The van der Waals surface area contributed by atoms with Gasteiger partial charge in [0.1, 0.15) is 11.1 Å². The van der Waals surface area contributed by atoms with Crippen LogP contribution in [0.1, 0.15) is 6.42 Å². The van der Waals surface area contributed by atoms with Crippen molar-refractivity contribution in [3.8, 4) is 0 Å². The zero-order valence-corrected chi connectivity index (χ0v) is 11.3. The summed E-state index contributed by atoms with van der Waals surface area (Å²) in [6.45, 7) is -0.0490. The van der Waals surface area contributed by atoms with Crippen LogP contribution in [-0.2, 0) is 13.8 Å². The van der Waals surface area contributed by atoms with Crippen LogP contribution in [0.25, 0.3) is 0 Å². The van der Waals surface area contributed by atoms with E-state index in [0.717, 1.165) is 6.07 Å². The summed E-state index contributed by atoms with van der Waals surface area (Å²) in [6.07, 6.45) is -0.180. The summed E-state index contributed by atoms with van der Waals surface area (Å²) in [5, 5.41) is -1.08. The average Bonchev–Trinajstić information content (AvgIpc) is 2.64. The quantitative estimate of drug-likeness (QED) is 0.786. The first-order chi connectivity index (χ1) is 8.29. The molecule has 0 bridgehead atoms. The summed E-state index contributed by atoms with van der Waals surface area (Å²) in [4.78, 5) is 12.9. The van der Waals surface area contributed by atoms with Gasteiger partial charge in [-0.05, 0) is 18.2 Å². The summed E-state index contributed by atoms with van der Waals surface area (Å²) < 4.78 is 35.4. The molecule has 18 heavy (non-hydrogen) atoms. The highest BCUT2D eigenvalue weighted by Crippen LogP contribution is 2.29. The molecule has 1 aromatic rings. The molecule has 0 spiro atoms. The molecule has 1 unspecified atom stereocenters. The molecule has 0 aliphatic carbocycles. The molecule has 1 heterocycles. The molecular formula is C10H8Cl2FNO3S. The average molecular weight is 312 g/mol. The third-order valence-corrected chi connectivity index (χ3v) is 4.86. The van der Waals surface area contributed by atoms with Crippen molar-refractivity contribution in [2.45, 2.75) is 11.7 Å². The molecular weight excluding hydrogens is 304 g/mol. The van der Waals surface area contributed by atoms with Gasteiger partial charge in [-0.3, -0.25) is 4.79 Å². The molecule has 1 aliphatic rings. The maximum Gasteiger partial charge on any atom is 0.237 e. The normalized spacial score (nSPS) is 20.5. The highest BCUT2D eigenvalue weighted by molar-refractivity contribution is 8.14. The minimum Gasteiger partial charge on any atom is -0.311 e. The van der Waals surface area contributed by atoms with Gasteiger partial charge >= 0.3 is 0 Å². The van der Waals surface area contributed by atoms with Gasteiger partial charge in [0.2, 0.25) is 15.0 Å². The van der Waals surface area contributed by atoms with Crippen molar-refractivity contribution in [1.29, 1.82) is 0 Å².